The molecule has 120 valence electrons. The van der Waals surface area contributed by atoms with Crippen LogP contribution in [0, 0.1) is 10.1 Å². The molecule has 2 aromatic carbocycles. The molecule has 2 aromatic rings. The summed E-state index contributed by atoms with van der Waals surface area (Å²) in [6.45, 7) is 0. The molecule has 0 saturated heterocycles. The molecule has 23 heavy (non-hydrogen) atoms. The Morgan fingerprint density at radius 1 is 1.17 bits per heavy atom. The van der Waals surface area contributed by atoms with Crippen molar-refractivity contribution in [1.29, 1.82) is 0 Å². The molecule has 0 aliphatic carbocycles. The summed E-state index contributed by atoms with van der Waals surface area (Å²) in [5.41, 5.74) is 1.09. The van der Waals surface area contributed by atoms with Gasteiger partial charge >= 0.3 is 0 Å². The molecule has 2 rings (SSSR count). The Balaban J connectivity index is 2.35. The largest absolute Gasteiger partial charge is 0.375 e. The van der Waals surface area contributed by atoms with E-state index in [0.717, 1.165) is 0 Å². The van der Waals surface area contributed by atoms with Gasteiger partial charge in [0.05, 0.1) is 4.92 Å². The molecular weight excluding hydrogens is 296 g/mol. The Hall–Kier alpha value is -2.57. The predicted octanol–water partition coefficient (Wildman–Crippen LogP) is 2.75. The van der Waals surface area contributed by atoms with E-state index in [9.17, 15) is 14.9 Å². The summed E-state index contributed by atoms with van der Waals surface area (Å²) in [5.74, 6) is -0.133. The molecule has 0 heterocycles. The van der Waals surface area contributed by atoms with Gasteiger partial charge in [0.25, 0.3) is 5.69 Å². The summed E-state index contributed by atoms with van der Waals surface area (Å²) >= 11 is 0. The van der Waals surface area contributed by atoms with Crippen LogP contribution < -0.4 is 5.32 Å². The second-order valence-corrected chi connectivity index (χ2v) is 5.01. The fourth-order valence-electron chi connectivity index (χ4n) is 2.48. The number of carbonyl (C=O) groups is 1. The first-order valence-electron chi connectivity index (χ1n) is 7.12. The van der Waals surface area contributed by atoms with Crippen molar-refractivity contribution >= 4 is 11.5 Å². The summed E-state index contributed by atoms with van der Waals surface area (Å²) in [5, 5.41) is 13.9. The van der Waals surface area contributed by atoms with E-state index in [4.69, 9.17) is 4.74 Å². The lowest BCUT2D eigenvalue weighted by Crippen LogP contribution is -2.40. The molecular formula is C17H18N2O4. The minimum absolute atomic E-state index is 0.0356. The van der Waals surface area contributed by atoms with Gasteiger partial charge in [-0.2, -0.15) is 0 Å². The lowest BCUT2D eigenvalue weighted by atomic mass is 9.94. The van der Waals surface area contributed by atoms with Crippen LogP contribution in [-0.4, -0.2) is 30.9 Å². The van der Waals surface area contributed by atoms with Crippen LogP contribution in [0.5, 0.6) is 0 Å². The van der Waals surface area contributed by atoms with Crippen molar-refractivity contribution in [1.82, 2.24) is 5.32 Å². The first-order chi connectivity index (χ1) is 11.1. The van der Waals surface area contributed by atoms with Crippen molar-refractivity contribution in [2.75, 3.05) is 14.2 Å². The van der Waals surface area contributed by atoms with Crippen LogP contribution in [0.2, 0.25) is 0 Å². The number of ketones is 1. The van der Waals surface area contributed by atoms with Crippen molar-refractivity contribution in [3.05, 3.63) is 75.8 Å². The van der Waals surface area contributed by atoms with E-state index >= 15 is 0 Å². The number of Topliss-reactive ketones (excluding diaryl/α,β-unsaturated/α-hetero) is 1. The lowest BCUT2D eigenvalue weighted by molar-refractivity contribution is -0.385. The summed E-state index contributed by atoms with van der Waals surface area (Å²) in [7, 11) is 3.14. The Bertz CT molecular complexity index is 688. The van der Waals surface area contributed by atoms with Gasteiger partial charge in [-0.15, -0.1) is 0 Å². The number of likely N-dealkylation sites (N-methyl/N-ethyl adjacent to an activating group) is 1. The Morgan fingerprint density at radius 3 is 2.43 bits per heavy atom. The van der Waals surface area contributed by atoms with Gasteiger partial charge in [-0.25, -0.2) is 0 Å². The number of nitro benzene ring substituents is 1. The molecule has 1 N–H and O–H groups in total. The maximum atomic E-state index is 12.7. The third-order valence-electron chi connectivity index (χ3n) is 3.62. The standard InChI is InChI=1S/C17H18N2O4/c1-18-15(16(20)12-7-4-3-5-8-12)17(23-2)13-9-6-10-14(11-13)19(21)22/h3-11,15,17-18H,1-2H3/t15-,17-/m0/s1. The smallest absolute Gasteiger partial charge is 0.269 e. The highest BCUT2D eigenvalue weighted by Crippen LogP contribution is 2.26. The van der Waals surface area contributed by atoms with Crippen LogP contribution in [0.3, 0.4) is 0 Å². The molecule has 6 heteroatoms. The number of benzene rings is 2. The second-order valence-electron chi connectivity index (χ2n) is 5.01. The van der Waals surface area contributed by atoms with Gasteiger partial charge in [0.15, 0.2) is 5.78 Å². The normalized spacial score (nSPS) is 13.3. The van der Waals surface area contributed by atoms with E-state index in [2.05, 4.69) is 5.32 Å². The monoisotopic (exact) mass is 314 g/mol. The van der Waals surface area contributed by atoms with Crippen LogP contribution in [0.15, 0.2) is 54.6 Å². The molecule has 0 radical (unpaired) electrons. The molecule has 0 unspecified atom stereocenters. The minimum atomic E-state index is -0.649. The van der Waals surface area contributed by atoms with Gasteiger partial charge in [-0.05, 0) is 12.6 Å². The second kappa shape index (κ2) is 7.62. The highest BCUT2D eigenvalue weighted by molar-refractivity contribution is 6.00. The number of rotatable bonds is 7. The van der Waals surface area contributed by atoms with Crippen LogP contribution in [0.25, 0.3) is 0 Å². The number of methoxy groups -OCH3 is 1. The van der Waals surface area contributed by atoms with Crippen LogP contribution in [0.4, 0.5) is 5.69 Å². The van der Waals surface area contributed by atoms with Crippen LogP contribution in [0.1, 0.15) is 22.0 Å². The number of carbonyl (C=O) groups excluding carboxylic acids is 1. The predicted molar refractivity (Wildman–Crippen MR) is 86.5 cm³/mol. The maximum Gasteiger partial charge on any atom is 0.269 e. The van der Waals surface area contributed by atoms with E-state index < -0.39 is 17.1 Å². The SMILES string of the molecule is CN[C@@H](C(=O)c1ccccc1)[C@@H](OC)c1cccc([N+](=O)[O-])c1. The number of nitro groups is 1. The van der Waals surface area contributed by atoms with Gasteiger partial charge < -0.3 is 10.1 Å². The van der Waals surface area contributed by atoms with Crippen molar-refractivity contribution in [2.45, 2.75) is 12.1 Å². The number of non-ortho nitro benzene ring substituents is 1. The van der Waals surface area contributed by atoms with Crippen molar-refractivity contribution in [2.24, 2.45) is 0 Å². The number of nitrogens with zero attached hydrogens (tertiary/aromatic N) is 1. The van der Waals surface area contributed by atoms with Gasteiger partial charge in [0.1, 0.15) is 12.1 Å². The molecule has 0 aliphatic heterocycles. The third kappa shape index (κ3) is 3.80. The van der Waals surface area contributed by atoms with Crippen LogP contribution in [-0.2, 0) is 4.74 Å². The molecule has 0 amide bonds. The van der Waals surface area contributed by atoms with Crippen molar-refractivity contribution < 1.29 is 14.5 Å². The van der Waals surface area contributed by atoms with Gasteiger partial charge in [-0.3, -0.25) is 14.9 Å². The Morgan fingerprint density at radius 2 is 1.87 bits per heavy atom. The average molecular weight is 314 g/mol. The minimum Gasteiger partial charge on any atom is -0.375 e. The highest BCUT2D eigenvalue weighted by Gasteiger charge is 2.29. The number of hydrogen-bond acceptors (Lipinski definition) is 5. The fraction of sp³-hybridized carbons (Fsp3) is 0.235. The number of ether oxygens (including phenoxy) is 1. The average Bonchev–Trinajstić information content (AvgIpc) is 2.59. The van der Waals surface area contributed by atoms with E-state index in [1.165, 1.54) is 19.2 Å². The van der Waals surface area contributed by atoms with Gasteiger partial charge in [0.2, 0.25) is 0 Å². The number of hydrogen-bond donors (Lipinski definition) is 1. The molecule has 0 saturated carbocycles. The van der Waals surface area contributed by atoms with Gasteiger partial charge in [-0.1, -0.05) is 42.5 Å². The van der Waals surface area contributed by atoms with Crippen LogP contribution >= 0.6 is 0 Å². The zero-order valence-electron chi connectivity index (χ0n) is 12.9. The van der Waals surface area contributed by atoms with E-state index in [0.29, 0.717) is 11.1 Å². The van der Waals surface area contributed by atoms with E-state index in [1.54, 1.807) is 43.4 Å². The molecule has 0 aliphatic rings. The Labute approximate surface area is 134 Å². The van der Waals surface area contributed by atoms with E-state index in [1.807, 2.05) is 6.07 Å². The molecule has 0 bridgehead atoms. The highest BCUT2D eigenvalue weighted by atomic mass is 16.6. The quantitative estimate of drug-likeness (QED) is 0.483. The summed E-state index contributed by atoms with van der Waals surface area (Å²) in [6, 6.07) is 14.3. The molecule has 6 nitrogen and oxygen atoms in total. The topological polar surface area (TPSA) is 81.5 Å². The first-order valence-corrected chi connectivity index (χ1v) is 7.12. The molecule has 0 spiro atoms. The molecule has 0 aromatic heterocycles. The third-order valence-corrected chi connectivity index (χ3v) is 3.62. The van der Waals surface area contributed by atoms with Gasteiger partial charge in [0, 0.05) is 24.8 Å². The molecule has 2 atom stereocenters. The zero-order valence-corrected chi connectivity index (χ0v) is 12.9. The maximum absolute atomic E-state index is 12.7. The molecule has 0 fully saturated rings. The van der Waals surface area contributed by atoms with E-state index in [-0.39, 0.29) is 11.5 Å². The summed E-state index contributed by atoms with van der Waals surface area (Å²) < 4.78 is 5.46. The summed E-state index contributed by atoms with van der Waals surface area (Å²) in [6.07, 6.45) is -0.632. The van der Waals surface area contributed by atoms with Crippen molar-refractivity contribution in [3.8, 4) is 0 Å². The fourth-order valence-corrected chi connectivity index (χ4v) is 2.48. The lowest BCUT2D eigenvalue weighted by Gasteiger charge is -2.25. The van der Waals surface area contributed by atoms with Crippen molar-refractivity contribution in [3.63, 3.8) is 0 Å². The summed E-state index contributed by atoms with van der Waals surface area (Å²) in [4.78, 5) is 23.2. The first kappa shape index (κ1) is 16.8. The Kier molecular flexibility index (Phi) is 5.56. The zero-order chi connectivity index (χ0) is 16.8. The number of nitrogens with one attached hydrogen (secondary N) is 1.